The average molecular weight is 269 g/mol. The second-order valence-corrected chi connectivity index (χ2v) is 5.01. The van der Waals surface area contributed by atoms with Crippen molar-refractivity contribution in [3.63, 3.8) is 0 Å². The van der Waals surface area contributed by atoms with Crippen LogP contribution in [0.3, 0.4) is 0 Å². The van der Waals surface area contributed by atoms with Crippen LogP contribution in [0.5, 0.6) is 0 Å². The number of aromatic nitrogens is 1. The molecule has 0 aliphatic carbocycles. The summed E-state index contributed by atoms with van der Waals surface area (Å²) < 4.78 is 0. The smallest absolute Gasteiger partial charge is 0.183 e. The molecule has 0 aliphatic heterocycles. The monoisotopic (exact) mass is 268 g/mol. The lowest BCUT2D eigenvalue weighted by Gasteiger charge is -2.04. The molecule has 2 N–H and O–H groups in total. The molecule has 0 fully saturated rings. The van der Waals surface area contributed by atoms with E-state index in [-0.39, 0.29) is 6.10 Å². The number of aliphatic hydroxyl groups excluding tert-OH is 1. The summed E-state index contributed by atoms with van der Waals surface area (Å²) in [5, 5.41) is 15.7. The van der Waals surface area contributed by atoms with Crippen molar-refractivity contribution in [1.29, 1.82) is 0 Å². The van der Waals surface area contributed by atoms with Crippen molar-refractivity contribution < 1.29 is 5.11 Å². The van der Waals surface area contributed by atoms with Gasteiger partial charge in [-0.1, -0.05) is 29.8 Å². The summed E-state index contributed by atoms with van der Waals surface area (Å²) in [6.45, 7) is 2.23. The molecule has 5 heteroatoms. The Hall–Kier alpha value is -1.10. The Balaban J connectivity index is 2.16. The molecule has 0 spiro atoms. The van der Waals surface area contributed by atoms with E-state index in [9.17, 15) is 5.11 Å². The summed E-state index contributed by atoms with van der Waals surface area (Å²) in [5.41, 5.74) is 1.78. The van der Waals surface area contributed by atoms with Gasteiger partial charge in [-0.2, -0.15) is 0 Å². The van der Waals surface area contributed by atoms with Gasteiger partial charge in [0.2, 0.25) is 0 Å². The molecule has 2 rings (SSSR count). The Kier molecular flexibility index (Phi) is 3.99. The van der Waals surface area contributed by atoms with Crippen LogP contribution in [0.4, 0.5) is 5.13 Å². The third kappa shape index (κ3) is 3.19. The molecule has 0 amide bonds. The van der Waals surface area contributed by atoms with Crippen LogP contribution in [0.1, 0.15) is 6.92 Å². The van der Waals surface area contributed by atoms with E-state index < -0.39 is 0 Å². The maximum absolute atomic E-state index is 9.17. The quantitative estimate of drug-likeness (QED) is 0.895. The molecule has 0 radical (unpaired) electrons. The fourth-order valence-electron chi connectivity index (χ4n) is 1.38. The molecule has 1 aromatic heterocycles. The Labute approximate surface area is 109 Å². The summed E-state index contributed by atoms with van der Waals surface area (Å²) >= 11 is 7.60. The van der Waals surface area contributed by atoms with Crippen molar-refractivity contribution in [3.8, 4) is 11.3 Å². The predicted octanol–water partition coefficient (Wildman–Crippen LogP) is 3.26. The zero-order valence-corrected chi connectivity index (χ0v) is 10.9. The summed E-state index contributed by atoms with van der Waals surface area (Å²) in [6.07, 6.45) is -0.386. The van der Waals surface area contributed by atoms with Crippen LogP contribution in [0.15, 0.2) is 29.6 Å². The third-order valence-electron chi connectivity index (χ3n) is 2.20. The summed E-state index contributed by atoms with van der Waals surface area (Å²) in [6, 6.07) is 7.61. The Morgan fingerprint density at radius 3 is 2.94 bits per heavy atom. The van der Waals surface area contributed by atoms with Gasteiger partial charge in [0, 0.05) is 22.5 Å². The van der Waals surface area contributed by atoms with Crippen molar-refractivity contribution in [2.24, 2.45) is 0 Å². The minimum Gasteiger partial charge on any atom is -0.392 e. The molecular weight excluding hydrogens is 256 g/mol. The van der Waals surface area contributed by atoms with Crippen molar-refractivity contribution in [2.75, 3.05) is 11.9 Å². The summed E-state index contributed by atoms with van der Waals surface area (Å²) in [5.74, 6) is 0. The lowest BCUT2D eigenvalue weighted by atomic mass is 10.2. The topological polar surface area (TPSA) is 45.1 Å². The van der Waals surface area contributed by atoms with Gasteiger partial charge < -0.3 is 10.4 Å². The molecule has 90 valence electrons. The van der Waals surface area contributed by atoms with Crippen molar-refractivity contribution >= 4 is 28.1 Å². The molecule has 0 aliphatic rings. The van der Waals surface area contributed by atoms with Gasteiger partial charge in [0.1, 0.15) is 0 Å². The molecule has 0 saturated carbocycles. The van der Waals surface area contributed by atoms with Gasteiger partial charge in [-0.3, -0.25) is 0 Å². The van der Waals surface area contributed by atoms with Gasteiger partial charge in [0.25, 0.3) is 0 Å². The van der Waals surface area contributed by atoms with Gasteiger partial charge in [-0.25, -0.2) is 4.98 Å². The standard InChI is InChI=1S/C12H13ClN2OS/c1-8(16)6-14-12-15-11(7-17-12)9-4-2-3-5-10(9)13/h2-5,7-8,16H,6H2,1H3,(H,14,15). The number of anilines is 1. The zero-order chi connectivity index (χ0) is 12.3. The van der Waals surface area contributed by atoms with Crippen molar-refractivity contribution in [2.45, 2.75) is 13.0 Å². The fourth-order valence-corrected chi connectivity index (χ4v) is 2.34. The first-order valence-electron chi connectivity index (χ1n) is 5.29. The zero-order valence-electron chi connectivity index (χ0n) is 9.35. The Bertz CT molecular complexity index is 499. The first-order chi connectivity index (χ1) is 8.16. The van der Waals surface area contributed by atoms with Crippen LogP contribution in [-0.4, -0.2) is 22.7 Å². The molecule has 1 heterocycles. The SMILES string of the molecule is CC(O)CNc1nc(-c2ccccc2Cl)cs1. The van der Waals surface area contributed by atoms with Crippen molar-refractivity contribution in [3.05, 3.63) is 34.7 Å². The van der Waals surface area contributed by atoms with E-state index in [0.29, 0.717) is 11.6 Å². The van der Waals surface area contributed by atoms with Crippen molar-refractivity contribution in [1.82, 2.24) is 4.98 Å². The van der Waals surface area contributed by atoms with Gasteiger partial charge in [-0.05, 0) is 13.0 Å². The maximum atomic E-state index is 9.17. The van der Waals surface area contributed by atoms with Gasteiger partial charge in [0.15, 0.2) is 5.13 Å². The highest BCUT2D eigenvalue weighted by Gasteiger charge is 2.07. The molecule has 1 aromatic carbocycles. The number of thiazole rings is 1. The van der Waals surface area contributed by atoms with E-state index in [0.717, 1.165) is 16.4 Å². The number of hydrogen-bond acceptors (Lipinski definition) is 4. The minimum atomic E-state index is -0.386. The van der Waals surface area contributed by atoms with E-state index >= 15 is 0 Å². The second kappa shape index (κ2) is 5.49. The molecule has 0 bridgehead atoms. The van der Waals surface area contributed by atoms with Gasteiger partial charge in [0.05, 0.1) is 11.8 Å². The van der Waals surface area contributed by atoms with E-state index in [1.165, 1.54) is 11.3 Å². The predicted molar refractivity (Wildman–Crippen MR) is 72.7 cm³/mol. The first-order valence-corrected chi connectivity index (χ1v) is 6.55. The van der Waals surface area contributed by atoms with Crippen LogP contribution in [0.2, 0.25) is 5.02 Å². The second-order valence-electron chi connectivity index (χ2n) is 3.75. The average Bonchev–Trinajstić information content (AvgIpc) is 2.75. The van der Waals surface area contributed by atoms with Crippen LogP contribution in [0.25, 0.3) is 11.3 Å². The summed E-state index contributed by atoms with van der Waals surface area (Å²) in [4.78, 5) is 4.43. The number of hydrogen-bond donors (Lipinski definition) is 2. The van der Waals surface area contributed by atoms with E-state index in [2.05, 4.69) is 10.3 Å². The lowest BCUT2D eigenvalue weighted by Crippen LogP contribution is -2.14. The maximum Gasteiger partial charge on any atom is 0.183 e. The van der Waals surface area contributed by atoms with Gasteiger partial charge >= 0.3 is 0 Å². The highest BCUT2D eigenvalue weighted by Crippen LogP contribution is 2.30. The van der Waals surface area contributed by atoms with E-state index in [1.807, 2.05) is 29.6 Å². The number of rotatable bonds is 4. The highest BCUT2D eigenvalue weighted by atomic mass is 35.5. The molecule has 2 aromatic rings. The highest BCUT2D eigenvalue weighted by molar-refractivity contribution is 7.14. The van der Waals surface area contributed by atoms with Gasteiger partial charge in [-0.15, -0.1) is 11.3 Å². The fraction of sp³-hybridized carbons (Fsp3) is 0.250. The number of aliphatic hydroxyl groups is 1. The molecular formula is C12H13ClN2OS. The molecule has 1 unspecified atom stereocenters. The minimum absolute atomic E-state index is 0.386. The van der Waals surface area contributed by atoms with Crippen LogP contribution < -0.4 is 5.32 Å². The van der Waals surface area contributed by atoms with Crippen LogP contribution >= 0.6 is 22.9 Å². The van der Waals surface area contributed by atoms with Crippen LogP contribution in [0, 0.1) is 0 Å². The molecule has 17 heavy (non-hydrogen) atoms. The third-order valence-corrected chi connectivity index (χ3v) is 3.33. The number of nitrogens with one attached hydrogen (secondary N) is 1. The Morgan fingerprint density at radius 1 is 1.47 bits per heavy atom. The number of halogens is 1. The molecule has 3 nitrogen and oxygen atoms in total. The Morgan fingerprint density at radius 2 is 2.24 bits per heavy atom. The van der Waals surface area contributed by atoms with Crippen LogP contribution in [-0.2, 0) is 0 Å². The molecule has 1 atom stereocenters. The van der Waals surface area contributed by atoms with E-state index in [1.54, 1.807) is 6.92 Å². The largest absolute Gasteiger partial charge is 0.392 e. The number of nitrogens with zero attached hydrogens (tertiary/aromatic N) is 1. The summed E-state index contributed by atoms with van der Waals surface area (Å²) in [7, 11) is 0. The lowest BCUT2D eigenvalue weighted by molar-refractivity contribution is 0.208. The molecule has 0 saturated heterocycles. The number of benzene rings is 1. The normalized spacial score (nSPS) is 12.4. The van der Waals surface area contributed by atoms with E-state index in [4.69, 9.17) is 11.6 Å². The first kappa shape index (κ1) is 12.4.